The van der Waals surface area contributed by atoms with E-state index in [0.29, 0.717) is 30.2 Å². The first-order chi connectivity index (χ1) is 13.5. The molecule has 0 spiro atoms. The van der Waals surface area contributed by atoms with Crippen LogP contribution in [0.5, 0.6) is 5.75 Å². The minimum Gasteiger partial charge on any atom is -0.497 e. The van der Waals surface area contributed by atoms with Crippen LogP contribution in [0.1, 0.15) is 42.5 Å². The van der Waals surface area contributed by atoms with Crippen molar-refractivity contribution in [3.8, 4) is 5.75 Å². The number of hydrogen-bond donors (Lipinski definition) is 1. The number of ether oxygens (including phenoxy) is 1. The lowest BCUT2D eigenvalue weighted by Gasteiger charge is -2.41. The van der Waals surface area contributed by atoms with Crippen LogP contribution in [-0.4, -0.2) is 59.3 Å². The highest BCUT2D eigenvalue weighted by Gasteiger charge is 2.28. The molecule has 2 aromatic rings. The summed E-state index contributed by atoms with van der Waals surface area (Å²) >= 11 is 1.72. The molecule has 0 saturated carbocycles. The zero-order valence-corrected chi connectivity index (χ0v) is 17.7. The van der Waals surface area contributed by atoms with Gasteiger partial charge in [0.1, 0.15) is 16.6 Å². The Hall–Kier alpha value is -1.54. The first kappa shape index (κ1) is 21.2. The van der Waals surface area contributed by atoms with E-state index in [2.05, 4.69) is 29.0 Å². The molecule has 1 aromatic carbocycles. The predicted octanol–water partition coefficient (Wildman–Crippen LogP) is 3.48. The molecule has 0 radical (unpaired) electrons. The van der Waals surface area contributed by atoms with Crippen molar-refractivity contribution in [3.05, 3.63) is 45.7 Å². The molecule has 154 valence electrons. The summed E-state index contributed by atoms with van der Waals surface area (Å²) < 4.78 is 19.5. The largest absolute Gasteiger partial charge is 0.497 e. The van der Waals surface area contributed by atoms with Crippen molar-refractivity contribution in [2.45, 2.75) is 45.3 Å². The summed E-state index contributed by atoms with van der Waals surface area (Å²) in [6, 6.07) is 5.22. The quantitative estimate of drug-likeness (QED) is 0.726. The summed E-state index contributed by atoms with van der Waals surface area (Å²) in [4.78, 5) is 9.41. The third kappa shape index (κ3) is 5.29. The highest BCUT2D eigenvalue weighted by Crippen LogP contribution is 2.23. The molecule has 1 aromatic heterocycles. The van der Waals surface area contributed by atoms with Gasteiger partial charge >= 0.3 is 0 Å². The lowest BCUT2D eigenvalue weighted by Crippen LogP contribution is -2.52. The Morgan fingerprint density at radius 1 is 1.32 bits per heavy atom. The Morgan fingerprint density at radius 3 is 2.79 bits per heavy atom. The number of aromatic nitrogens is 1. The van der Waals surface area contributed by atoms with Gasteiger partial charge in [0.25, 0.3) is 0 Å². The number of halogens is 1. The van der Waals surface area contributed by atoms with Gasteiger partial charge in [-0.2, -0.15) is 0 Å². The topological polar surface area (TPSA) is 48.8 Å². The van der Waals surface area contributed by atoms with Gasteiger partial charge in [-0.15, -0.1) is 11.3 Å². The second-order valence-electron chi connectivity index (χ2n) is 7.65. The van der Waals surface area contributed by atoms with Gasteiger partial charge in [-0.05, 0) is 18.4 Å². The van der Waals surface area contributed by atoms with Crippen molar-refractivity contribution in [2.24, 2.45) is 0 Å². The molecule has 1 aliphatic rings. The predicted molar refractivity (Wildman–Crippen MR) is 110 cm³/mol. The first-order valence-electron chi connectivity index (χ1n) is 9.84. The average Bonchev–Trinajstić information content (AvgIpc) is 3.14. The first-order valence-corrected chi connectivity index (χ1v) is 10.7. The number of thiazole rings is 1. The van der Waals surface area contributed by atoms with Crippen LogP contribution < -0.4 is 4.74 Å². The highest BCUT2D eigenvalue weighted by molar-refractivity contribution is 7.09. The monoisotopic (exact) mass is 407 g/mol. The number of hydrogen-bond acceptors (Lipinski definition) is 6. The molecule has 0 bridgehead atoms. The van der Waals surface area contributed by atoms with E-state index in [0.717, 1.165) is 36.9 Å². The van der Waals surface area contributed by atoms with E-state index < -0.39 is 0 Å². The van der Waals surface area contributed by atoms with E-state index in [4.69, 9.17) is 9.72 Å². The highest BCUT2D eigenvalue weighted by atomic mass is 32.1. The van der Waals surface area contributed by atoms with Crippen molar-refractivity contribution >= 4 is 11.3 Å². The molecule has 2 heterocycles. The van der Waals surface area contributed by atoms with Gasteiger partial charge in [0.15, 0.2) is 0 Å². The van der Waals surface area contributed by atoms with Gasteiger partial charge in [-0.3, -0.25) is 9.80 Å². The van der Waals surface area contributed by atoms with Crippen molar-refractivity contribution < 1.29 is 14.2 Å². The Bertz CT molecular complexity index is 768. The molecule has 7 heteroatoms. The van der Waals surface area contributed by atoms with Crippen molar-refractivity contribution in [2.75, 3.05) is 33.4 Å². The zero-order chi connectivity index (χ0) is 20.1. The molecule has 3 rings (SSSR count). The van der Waals surface area contributed by atoms with Gasteiger partial charge in [-0.25, -0.2) is 9.37 Å². The average molecular weight is 408 g/mol. The Kier molecular flexibility index (Phi) is 7.40. The van der Waals surface area contributed by atoms with Crippen LogP contribution in [0.4, 0.5) is 4.39 Å². The van der Waals surface area contributed by atoms with Crippen LogP contribution in [0, 0.1) is 5.82 Å². The second kappa shape index (κ2) is 9.78. The number of aliphatic hydroxyl groups excluding tert-OH is 1. The molecule has 1 unspecified atom stereocenters. The Balaban J connectivity index is 1.63. The van der Waals surface area contributed by atoms with E-state index >= 15 is 0 Å². The lowest BCUT2D eigenvalue weighted by atomic mass is 10.1. The van der Waals surface area contributed by atoms with Gasteiger partial charge in [0, 0.05) is 55.8 Å². The summed E-state index contributed by atoms with van der Waals surface area (Å²) in [5, 5.41) is 12.8. The number of aliphatic hydroxyl groups is 1. The lowest BCUT2D eigenvalue weighted by molar-refractivity contribution is 0.0492. The van der Waals surface area contributed by atoms with Crippen LogP contribution >= 0.6 is 11.3 Å². The fraction of sp³-hybridized carbons (Fsp3) is 0.571. The maximum atomic E-state index is 14.4. The van der Waals surface area contributed by atoms with Crippen molar-refractivity contribution in [3.63, 3.8) is 0 Å². The van der Waals surface area contributed by atoms with Gasteiger partial charge in [0.05, 0.1) is 19.3 Å². The molecule has 0 aliphatic carbocycles. The van der Waals surface area contributed by atoms with E-state index in [1.807, 2.05) is 0 Å². The molecule has 28 heavy (non-hydrogen) atoms. The number of methoxy groups -OCH3 is 1. The summed E-state index contributed by atoms with van der Waals surface area (Å²) in [6.07, 6.45) is 0.684. The van der Waals surface area contributed by atoms with E-state index in [1.165, 1.54) is 13.2 Å². The van der Waals surface area contributed by atoms with E-state index in [-0.39, 0.29) is 18.5 Å². The molecule has 1 fully saturated rings. The SMILES string of the molecule is COc1ccc(CN2CCN(Cc3nc(C(C)C)cs3)CC2CCO)c(F)c1. The normalized spacial score (nSPS) is 18.7. The fourth-order valence-electron chi connectivity index (χ4n) is 3.59. The van der Waals surface area contributed by atoms with Crippen LogP contribution in [0.25, 0.3) is 0 Å². The molecule has 1 N–H and O–H groups in total. The Morgan fingerprint density at radius 2 is 2.14 bits per heavy atom. The van der Waals surface area contributed by atoms with Crippen LogP contribution in [0.2, 0.25) is 0 Å². The van der Waals surface area contributed by atoms with Crippen LogP contribution in [-0.2, 0) is 13.1 Å². The third-order valence-corrected chi connectivity index (χ3v) is 6.16. The number of benzene rings is 1. The smallest absolute Gasteiger partial charge is 0.131 e. The van der Waals surface area contributed by atoms with E-state index in [9.17, 15) is 9.50 Å². The van der Waals surface area contributed by atoms with E-state index in [1.54, 1.807) is 23.5 Å². The fourth-order valence-corrected chi connectivity index (χ4v) is 4.58. The van der Waals surface area contributed by atoms with Crippen molar-refractivity contribution in [1.82, 2.24) is 14.8 Å². The summed E-state index contributed by atoms with van der Waals surface area (Å²) in [5.74, 6) is 0.735. The molecule has 1 atom stereocenters. The van der Waals surface area contributed by atoms with Crippen LogP contribution in [0.3, 0.4) is 0 Å². The maximum absolute atomic E-state index is 14.4. The standard InChI is InChI=1S/C21H30FN3O2S/c1-15(2)20-14-28-21(23-20)13-24-7-8-25(17(12-24)6-9-26)11-16-4-5-18(27-3)10-19(16)22/h4-5,10,14-15,17,26H,6-9,11-13H2,1-3H3. The molecular weight excluding hydrogens is 377 g/mol. The summed E-state index contributed by atoms with van der Waals surface area (Å²) in [6.45, 7) is 8.45. The minimum absolute atomic E-state index is 0.134. The number of piperazine rings is 1. The number of rotatable bonds is 8. The third-order valence-electron chi connectivity index (χ3n) is 5.30. The molecule has 5 nitrogen and oxygen atoms in total. The second-order valence-corrected chi connectivity index (χ2v) is 8.59. The van der Waals surface area contributed by atoms with Gasteiger partial charge in [-0.1, -0.05) is 19.9 Å². The van der Waals surface area contributed by atoms with Gasteiger partial charge in [0.2, 0.25) is 0 Å². The molecular formula is C21H30FN3O2S. The van der Waals surface area contributed by atoms with Gasteiger partial charge < -0.3 is 9.84 Å². The zero-order valence-electron chi connectivity index (χ0n) is 16.9. The van der Waals surface area contributed by atoms with Crippen LogP contribution in [0.15, 0.2) is 23.6 Å². The summed E-state index contributed by atoms with van der Waals surface area (Å²) in [7, 11) is 1.54. The van der Waals surface area contributed by atoms with Crippen molar-refractivity contribution in [1.29, 1.82) is 0 Å². The molecule has 0 amide bonds. The molecule has 1 saturated heterocycles. The Labute approximate surface area is 170 Å². The molecule has 1 aliphatic heterocycles. The maximum Gasteiger partial charge on any atom is 0.131 e. The number of nitrogens with zero attached hydrogens (tertiary/aromatic N) is 3. The minimum atomic E-state index is -0.242. The summed E-state index contributed by atoms with van der Waals surface area (Å²) in [5.41, 5.74) is 1.82.